The summed E-state index contributed by atoms with van der Waals surface area (Å²) < 4.78 is 19.5. The highest BCUT2D eigenvalue weighted by molar-refractivity contribution is 5.36. The second-order valence-electron chi connectivity index (χ2n) is 5.26. The van der Waals surface area contributed by atoms with Gasteiger partial charge in [-0.2, -0.15) is 0 Å². The molecule has 1 aromatic carbocycles. The van der Waals surface area contributed by atoms with Gasteiger partial charge in [0.25, 0.3) is 0 Å². The summed E-state index contributed by atoms with van der Waals surface area (Å²) in [5.41, 5.74) is 6.60. The predicted octanol–water partition coefficient (Wildman–Crippen LogP) is 3.80. The van der Waals surface area contributed by atoms with Gasteiger partial charge in [0.05, 0.1) is 6.61 Å². The molecule has 100 valence electrons. The average Bonchev–Trinajstić information content (AvgIpc) is 2.38. The van der Waals surface area contributed by atoms with E-state index in [4.69, 9.17) is 10.5 Å². The molecule has 0 radical (unpaired) electrons. The van der Waals surface area contributed by atoms with Gasteiger partial charge in [-0.3, -0.25) is 0 Å². The summed E-state index contributed by atoms with van der Waals surface area (Å²) in [7, 11) is 0. The number of ether oxygens (including phenoxy) is 1. The third-order valence-corrected chi connectivity index (χ3v) is 3.68. The Morgan fingerprint density at radius 1 is 1.33 bits per heavy atom. The largest absolute Gasteiger partial charge is 0.490 e. The first-order valence-electron chi connectivity index (χ1n) is 6.85. The summed E-state index contributed by atoms with van der Waals surface area (Å²) in [6, 6.07) is 4.75. The Hall–Kier alpha value is -1.09. The molecule has 1 fully saturated rings. The lowest BCUT2D eigenvalue weighted by molar-refractivity contribution is 0.200. The fourth-order valence-corrected chi connectivity index (χ4v) is 2.59. The van der Waals surface area contributed by atoms with Crippen LogP contribution in [0.25, 0.3) is 0 Å². The van der Waals surface area contributed by atoms with E-state index in [1.54, 1.807) is 6.07 Å². The van der Waals surface area contributed by atoms with Crippen LogP contribution in [0.4, 0.5) is 4.39 Å². The normalized spacial score (nSPS) is 18.6. The molecule has 1 aliphatic rings. The molecule has 1 aromatic rings. The molecule has 1 unspecified atom stereocenters. The van der Waals surface area contributed by atoms with Crippen LogP contribution < -0.4 is 10.5 Å². The van der Waals surface area contributed by atoms with Crippen LogP contribution in [0.15, 0.2) is 18.2 Å². The Labute approximate surface area is 108 Å². The minimum Gasteiger partial charge on any atom is -0.490 e. The van der Waals surface area contributed by atoms with E-state index in [-0.39, 0.29) is 11.9 Å². The average molecular weight is 251 g/mol. The van der Waals surface area contributed by atoms with Gasteiger partial charge in [-0.25, -0.2) is 4.39 Å². The zero-order valence-electron chi connectivity index (χ0n) is 11.0. The highest BCUT2D eigenvalue weighted by atomic mass is 19.1. The van der Waals surface area contributed by atoms with Gasteiger partial charge in [0.2, 0.25) is 0 Å². The minimum absolute atomic E-state index is 0.206. The van der Waals surface area contributed by atoms with Crippen LogP contribution in [0.2, 0.25) is 0 Å². The van der Waals surface area contributed by atoms with Crippen molar-refractivity contribution in [1.82, 2.24) is 0 Å². The second kappa shape index (κ2) is 6.19. The quantitative estimate of drug-likeness (QED) is 0.883. The topological polar surface area (TPSA) is 35.2 Å². The number of hydrogen-bond acceptors (Lipinski definition) is 2. The summed E-state index contributed by atoms with van der Waals surface area (Å²) in [4.78, 5) is 0. The summed E-state index contributed by atoms with van der Waals surface area (Å²) in [6.07, 6.45) is 6.25. The van der Waals surface area contributed by atoms with Gasteiger partial charge in [-0.15, -0.1) is 0 Å². The van der Waals surface area contributed by atoms with Crippen molar-refractivity contribution < 1.29 is 9.13 Å². The molecular weight excluding hydrogens is 229 g/mol. The van der Waals surface area contributed by atoms with E-state index in [2.05, 4.69) is 0 Å². The summed E-state index contributed by atoms with van der Waals surface area (Å²) in [5, 5.41) is 0. The molecule has 0 bridgehead atoms. The van der Waals surface area contributed by atoms with Crippen LogP contribution in [0.3, 0.4) is 0 Å². The molecule has 0 aromatic heterocycles. The molecule has 2 nitrogen and oxygen atoms in total. The van der Waals surface area contributed by atoms with Crippen LogP contribution in [-0.4, -0.2) is 6.61 Å². The zero-order valence-corrected chi connectivity index (χ0v) is 11.0. The van der Waals surface area contributed by atoms with Gasteiger partial charge in [-0.05, 0) is 31.7 Å². The van der Waals surface area contributed by atoms with Crippen molar-refractivity contribution in [1.29, 1.82) is 0 Å². The molecule has 18 heavy (non-hydrogen) atoms. The maximum Gasteiger partial charge on any atom is 0.165 e. The van der Waals surface area contributed by atoms with E-state index < -0.39 is 0 Å². The van der Waals surface area contributed by atoms with Gasteiger partial charge < -0.3 is 10.5 Å². The molecule has 2 rings (SSSR count). The molecule has 1 atom stereocenters. The lowest BCUT2D eigenvalue weighted by Gasteiger charge is -2.23. The first-order valence-corrected chi connectivity index (χ1v) is 6.85. The van der Waals surface area contributed by atoms with Crippen molar-refractivity contribution >= 4 is 0 Å². The fraction of sp³-hybridized carbons (Fsp3) is 0.600. The first-order chi connectivity index (χ1) is 8.68. The van der Waals surface area contributed by atoms with E-state index in [1.165, 1.54) is 38.2 Å². The summed E-state index contributed by atoms with van der Waals surface area (Å²) in [5.74, 6) is 0.609. The maximum absolute atomic E-state index is 13.8. The van der Waals surface area contributed by atoms with Crippen LogP contribution in [0, 0.1) is 11.7 Å². The van der Waals surface area contributed by atoms with Gasteiger partial charge in [0.1, 0.15) is 0 Å². The third-order valence-electron chi connectivity index (χ3n) is 3.68. The Morgan fingerprint density at radius 2 is 2.06 bits per heavy atom. The fourth-order valence-electron chi connectivity index (χ4n) is 2.59. The number of para-hydroxylation sites is 1. The van der Waals surface area contributed by atoms with Gasteiger partial charge >= 0.3 is 0 Å². The van der Waals surface area contributed by atoms with Crippen molar-refractivity contribution in [3.8, 4) is 5.75 Å². The molecule has 0 aliphatic heterocycles. The van der Waals surface area contributed by atoms with Gasteiger partial charge in [0, 0.05) is 11.6 Å². The van der Waals surface area contributed by atoms with Gasteiger partial charge in [-0.1, -0.05) is 31.4 Å². The maximum atomic E-state index is 13.8. The molecule has 0 spiro atoms. The standard InChI is InChI=1S/C15H22FNO/c1-11(17)13-8-5-9-14(16)15(13)18-10-12-6-3-2-4-7-12/h5,8-9,11-12H,2-4,6-7,10,17H2,1H3. The number of benzene rings is 1. The Balaban J connectivity index is 2.03. The van der Waals surface area contributed by atoms with Crippen LogP contribution in [0.5, 0.6) is 5.75 Å². The second-order valence-corrected chi connectivity index (χ2v) is 5.26. The Morgan fingerprint density at radius 3 is 2.72 bits per heavy atom. The predicted molar refractivity (Wildman–Crippen MR) is 71.1 cm³/mol. The van der Waals surface area contributed by atoms with Crippen molar-refractivity contribution in [2.75, 3.05) is 6.61 Å². The van der Waals surface area contributed by atoms with E-state index in [0.29, 0.717) is 18.3 Å². The summed E-state index contributed by atoms with van der Waals surface area (Å²) in [6.45, 7) is 2.46. The molecule has 3 heteroatoms. The van der Waals surface area contributed by atoms with Crippen molar-refractivity contribution in [3.63, 3.8) is 0 Å². The van der Waals surface area contributed by atoms with Crippen molar-refractivity contribution in [2.24, 2.45) is 11.7 Å². The molecule has 1 saturated carbocycles. The molecular formula is C15H22FNO. The number of rotatable bonds is 4. The molecule has 1 aliphatic carbocycles. The Bertz CT molecular complexity index is 386. The van der Waals surface area contributed by atoms with E-state index in [9.17, 15) is 4.39 Å². The molecule has 0 saturated heterocycles. The van der Waals surface area contributed by atoms with Crippen molar-refractivity contribution in [3.05, 3.63) is 29.6 Å². The SMILES string of the molecule is CC(N)c1cccc(F)c1OCC1CCCCC1. The monoisotopic (exact) mass is 251 g/mol. The van der Waals surface area contributed by atoms with Crippen molar-refractivity contribution in [2.45, 2.75) is 45.1 Å². The highest BCUT2D eigenvalue weighted by Crippen LogP contribution is 2.29. The number of nitrogens with two attached hydrogens (primary N) is 1. The number of hydrogen-bond donors (Lipinski definition) is 1. The third kappa shape index (κ3) is 3.22. The molecule has 0 heterocycles. The summed E-state index contributed by atoms with van der Waals surface area (Å²) >= 11 is 0. The zero-order chi connectivity index (χ0) is 13.0. The van der Waals surface area contributed by atoms with E-state index in [0.717, 1.165) is 5.56 Å². The Kier molecular flexibility index (Phi) is 4.59. The lowest BCUT2D eigenvalue weighted by Crippen LogP contribution is -2.17. The van der Waals surface area contributed by atoms with E-state index >= 15 is 0 Å². The van der Waals surface area contributed by atoms with Crippen LogP contribution >= 0.6 is 0 Å². The molecule has 2 N–H and O–H groups in total. The first kappa shape index (κ1) is 13.3. The highest BCUT2D eigenvalue weighted by Gasteiger charge is 2.17. The minimum atomic E-state index is -0.305. The molecule has 0 amide bonds. The number of halogens is 1. The van der Waals surface area contributed by atoms with Crippen LogP contribution in [0.1, 0.15) is 50.6 Å². The van der Waals surface area contributed by atoms with Gasteiger partial charge in [0.15, 0.2) is 11.6 Å². The van der Waals surface area contributed by atoms with Crippen LogP contribution in [-0.2, 0) is 0 Å². The smallest absolute Gasteiger partial charge is 0.165 e. The lowest BCUT2D eigenvalue weighted by atomic mass is 9.90. The van der Waals surface area contributed by atoms with E-state index in [1.807, 2.05) is 13.0 Å².